The molecule has 1 aliphatic rings. The summed E-state index contributed by atoms with van der Waals surface area (Å²) in [4.78, 5) is 32.5. The quantitative estimate of drug-likeness (QED) is 0.654. The largest absolute Gasteiger partial charge is 0.311 e. The van der Waals surface area contributed by atoms with Gasteiger partial charge in [-0.05, 0) is 43.0 Å². The third-order valence-corrected chi connectivity index (χ3v) is 5.45. The second-order valence-corrected chi connectivity index (χ2v) is 7.57. The summed E-state index contributed by atoms with van der Waals surface area (Å²) in [6.45, 7) is 2.53. The summed E-state index contributed by atoms with van der Waals surface area (Å²) in [5.41, 5.74) is 3.27. The smallest absolute Gasteiger partial charge is 0.254 e. The number of carbonyl (C=O) groups is 1. The summed E-state index contributed by atoms with van der Waals surface area (Å²) in [6.07, 6.45) is 2.50. The Labute approximate surface area is 174 Å². The van der Waals surface area contributed by atoms with Crippen molar-refractivity contribution in [2.24, 2.45) is 0 Å². The van der Waals surface area contributed by atoms with Crippen LogP contribution in [0.1, 0.15) is 24.6 Å². The lowest BCUT2D eigenvalue weighted by Crippen LogP contribution is -2.40. The van der Waals surface area contributed by atoms with Gasteiger partial charge in [-0.1, -0.05) is 48.9 Å². The fourth-order valence-electron chi connectivity index (χ4n) is 3.75. The molecule has 3 aromatic rings. The number of nitrogens with zero attached hydrogens (tertiary/aromatic N) is 3. The van der Waals surface area contributed by atoms with E-state index in [1.807, 2.05) is 37.3 Å². The molecule has 5 nitrogen and oxygen atoms in total. The molecule has 0 saturated carbocycles. The van der Waals surface area contributed by atoms with E-state index in [1.165, 1.54) is 10.6 Å². The van der Waals surface area contributed by atoms with Gasteiger partial charge < -0.3 is 4.90 Å². The van der Waals surface area contributed by atoms with Crippen molar-refractivity contribution in [1.82, 2.24) is 9.55 Å². The van der Waals surface area contributed by atoms with E-state index in [4.69, 9.17) is 11.6 Å². The number of rotatable bonds is 4. The molecule has 6 heteroatoms. The molecule has 0 aliphatic carbocycles. The molecule has 2 heterocycles. The minimum Gasteiger partial charge on any atom is -0.311 e. The van der Waals surface area contributed by atoms with Crippen molar-refractivity contribution in [2.45, 2.75) is 32.7 Å². The van der Waals surface area contributed by atoms with Gasteiger partial charge in [0.15, 0.2) is 0 Å². The van der Waals surface area contributed by atoms with Crippen LogP contribution in [0.4, 0.5) is 5.69 Å². The number of hydrogen-bond acceptors (Lipinski definition) is 3. The number of benzene rings is 2. The van der Waals surface area contributed by atoms with E-state index in [2.05, 4.69) is 11.1 Å². The van der Waals surface area contributed by atoms with Gasteiger partial charge in [0.05, 0.1) is 0 Å². The van der Waals surface area contributed by atoms with Gasteiger partial charge in [-0.25, -0.2) is 4.98 Å². The predicted molar refractivity (Wildman–Crippen MR) is 115 cm³/mol. The van der Waals surface area contributed by atoms with Gasteiger partial charge in [0.25, 0.3) is 5.56 Å². The van der Waals surface area contributed by atoms with Crippen LogP contribution in [0.25, 0.3) is 11.4 Å². The number of para-hydroxylation sites is 1. The van der Waals surface area contributed by atoms with Gasteiger partial charge in [-0.3, -0.25) is 14.2 Å². The van der Waals surface area contributed by atoms with Gasteiger partial charge in [0.1, 0.15) is 12.4 Å². The molecule has 148 valence electrons. The van der Waals surface area contributed by atoms with Crippen LogP contribution >= 0.6 is 11.6 Å². The zero-order valence-electron chi connectivity index (χ0n) is 16.3. The van der Waals surface area contributed by atoms with Crippen LogP contribution in [0.3, 0.4) is 0 Å². The second-order valence-electron chi connectivity index (χ2n) is 7.14. The molecular weight excluding hydrogens is 386 g/mol. The molecule has 0 unspecified atom stereocenters. The molecule has 4 rings (SSSR count). The first-order chi connectivity index (χ1) is 14.1. The van der Waals surface area contributed by atoms with Gasteiger partial charge in [-0.2, -0.15) is 0 Å². The zero-order chi connectivity index (χ0) is 20.4. The Balaban J connectivity index is 1.74. The van der Waals surface area contributed by atoms with Crippen LogP contribution in [0.2, 0.25) is 5.02 Å². The Bertz CT molecular complexity index is 1120. The number of aryl methyl sites for hydroxylation is 2. The topological polar surface area (TPSA) is 55.2 Å². The number of halogens is 1. The fourth-order valence-corrected chi connectivity index (χ4v) is 3.94. The van der Waals surface area contributed by atoms with Crippen LogP contribution in [0.15, 0.2) is 59.4 Å². The van der Waals surface area contributed by atoms with Crippen LogP contribution in [-0.2, 0) is 24.2 Å². The number of fused-ring (bicyclic) bond motifs is 1. The Morgan fingerprint density at radius 1 is 1.14 bits per heavy atom. The van der Waals surface area contributed by atoms with Gasteiger partial charge in [0.2, 0.25) is 5.91 Å². The van der Waals surface area contributed by atoms with E-state index in [0.717, 1.165) is 29.7 Å². The Morgan fingerprint density at radius 2 is 1.97 bits per heavy atom. The van der Waals surface area contributed by atoms with E-state index < -0.39 is 0 Å². The van der Waals surface area contributed by atoms with E-state index >= 15 is 0 Å². The average Bonchev–Trinajstić information content (AvgIpc) is 2.74. The number of carbonyl (C=O) groups excluding carboxylic acids is 1. The van der Waals surface area contributed by atoms with Crippen molar-refractivity contribution < 1.29 is 4.79 Å². The normalized spacial score (nSPS) is 13.2. The molecule has 0 atom stereocenters. The molecule has 29 heavy (non-hydrogen) atoms. The maximum Gasteiger partial charge on any atom is 0.254 e. The molecule has 0 N–H and O–H groups in total. The van der Waals surface area contributed by atoms with E-state index in [9.17, 15) is 9.59 Å². The Morgan fingerprint density at radius 3 is 2.76 bits per heavy atom. The first kappa shape index (κ1) is 19.4. The maximum absolute atomic E-state index is 13.2. The third-order valence-electron chi connectivity index (χ3n) is 5.21. The van der Waals surface area contributed by atoms with Crippen LogP contribution < -0.4 is 10.5 Å². The van der Waals surface area contributed by atoms with Gasteiger partial charge in [0, 0.05) is 34.6 Å². The van der Waals surface area contributed by atoms with E-state index in [1.54, 1.807) is 17.0 Å². The van der Waals surface area contributed by atoms with E-state index in [-0.39, 0.29) is 18.0 Å². The Kier molecular flexibility index (Phi) is 5.49. The summed E-state index contributed by atoms with van der Waals surface area (Å²) < 4.78 is 1.45. The summed E-state index contributed by atoms with van der Waals surface area (Å²) in [6, 6.07) is 16.6. The van der Waals surface area contributed by atoms with Crippen molar-refractivity contribution in [1.29, 1.82) is 0 Å². The number of anilines is 1. The van der Waals surface area contributed by atoms with E-state index in [0.29, 0.717) is 29.5 Å². The molecule has 1 aliphatic heterocycles. The molecule has 0 radical (unpaired) electrons. The highest BCUT2D eigenvalue weighted by atomic mass is 35.5. The first-order valence-corrected chi connectivity index (χ1v) is 10.2. The highest BCUT2D eigenvalue weighted by Crippen LogP contribution is 2.27. The van der Waals surface area contributed by atoms with Crippen LogP contribution in [0, 0.1) is 0 Å². The SMILES string of the molecule is CCc1cc(=O)n(CC(=O)N2CCCc3ccccc32)c(-c2cccc(Cl)c2)n1. The van der Waals surface area contributed by atoms with Gasteiger partial charge >= 0.3 is 0 Å². The lowest BCUT2D eigenvalue weighted by atomic mass is 10.0. The number of amides is 1. The lowest BCUT2D eigenvalue weighted by molar-refractivity contribution is -0.119. The summed E-state index contributed by atoms with van der Waals surface area (Å²) in [5, 5.41) is 0.557. The van der Waals surface area contributed by atoms with Crippen LogP contribution in [0.5, 0.6) is 0 Å². The monoisotopic (exact) mass is 407 g/mol. The van der Waals surface area contributed by atoms with Gasteiger partial charge in [-0.15, -0.1) is 0 Å². The minimum atomic E-state index is -0.231. The first-order valence-electron chi connectivity index (χ1n) is 9.82. The molecule has 1 aromatic heterocycles. The molecule has 0 bridgehead atoms. The summed E-state index contributed by atoms with van der Waals surface area (Å²) in [5.74, 6) is 0.351. The third kappa shape index (κ3) is 3.96. The zero-order valence-corrected chi connectivity index (χ0v) is 17.0. The highest BCUT2D eigenvalue weighted by Gasteiger charge is 2.24. The van der Waals surface area contributed by atoms with Crippen molar-refractivity contribution in [2.75, 3.05) is 11.4 Å². The average molecular weight is 408 g/mol. The standard InChI is InChI=1S/C23H22ClN3O2/c1-2-19-14-21(28)27(23(25-19)17-8-5-10-18(24)13-17)15-22(29)26-12-6-9-16-7-3-4-11-20(16)26/h3-5,7-8,10-11,13-14H,2,6,9,12,15H2,1H3. The maximum atomic E-state index is 13.2. The summed E-state index contributed by atoms with van der Waals surface area (Å²) in [7, 11) is 0. The van der Waals surface area contributed by atoms with Crippen LogP contribution in [-0.4, -0.2) is 22.0 Å². The molecule has 0 fully saturated rings. The number of hydrogen-bond donors (Lipinski definition) is 0. The molecular formula is C23H22ClN3O2. The minimum absolute atomic E-state index is 0.0635. The van der Waals surface area contributed by atoms with Crippen molar-refractivity contribution >= 4 is 23.2 Å². The molecule has 1 amide bonds. The predicted octanol–water partition coefficient (Wildman–Crippen LogP) is 4.11. The second kappa shape index (κ2) is 8.21. The molecule has 2 aromatic carbocycles. The lowest BCUT2D eigenvalue weighted by Gasteiger charge is -2.30. The van der Waals surface area contributed by atoms with Crippen molar-refractivity contribution in [3.05, 3.63) is 81.2 Å². The molecule has 0 saturated heterocycles. The summed E-state index contributed by atoms with van der Waals surface area (Å²) >= 11 is 6.15. The number of aromatic nitrogens is 2. The molecule has 0 spiro atoms. The Hall–Kier alpha value is -2.92. The highest BCUT2D eigenvalue weighted by molar-refractivity contribution is 6.30. The van der Waals surface area contributed by atoms with Crippen molar-refractivity contribution in [3.8, 4) is 11.4 Å². The fraction of sp³-hybridized carbons (Fsp3) is 0.261. The van der Waals surface area contributed by atoms with Crippen molar-refractivity contribution in [3.63, 3.8) is 0 Å².